The van der Waals surface area contributed by atoms with Gasteiger partial charge >= 0.3 is 5.97 Å². The Labute approximate surface area is 117 Å². The van der Waals surface area contributed by atoms with E-state index in [9.17, 15) is 4.79 Å². The molecule has 0 atom stereocenters. The lowest BCUT2D eigenvalue weighted by atomic mass is 10.2. The van der Waals surface area contributed by atoms with Crippen molar-refractivity contribution in [1.29, 1.82) is 0 Å². The molecule has 2 aromatic rings. The van der Waals surface area contributed by atoms with E-state index in [0.29, 0.717) is 12.4 Å². The standard InChI is InChI=1S/C15H16N2O3/c1-20-14-9-5-6-12(16-14)10-17(11-15(18)19)13-7-3-2-4-8-13/h2-9H,10-11H2,1H3,(H,18,19). The number of carboxylic acid groups (broad SMARTS) is 1. The van der Waals surface area contributed by atoms with E-state index in [-0.39, 0.29) is 6.54 Å². The Morgan fingerprint density at radius 2 is 1.95 bits per heavy atom. The van der Waals surface area contributed by atoms with E-state index >= 15 is 0 Å². The zero-order valence-electron chi connectivity index (χ0n) is 11.2. The molecule has 0 radical (unpaired) electrons. The van der Waals surface area contributed by atoms with Crippen LogP contribution in [-0.2, 0) is 11.3 Å². The van der Waals surface area contributed by atoms with Gasteiger partial charge in [0.2, 0.25) is 5.88 Å². The molecule has 5 heteroatoms. The van der Waals surface area contributed by atoms with Crippen molar-refractivity contribution >= 4 is 11.7 Å². The van der Waals surface area contributed by atoms with Crippen LogP contribution >= 0.6 is 0 Å². The van der Waals surface area contributed by atoms with Gasteiger partial charge in [-0.25, -0.2) is 4.98 Å². The maximum atomic E-state index is 11.0. The van der Waals surface area contributed by atoms with Gasteiger partial charge in [-0.2, -0.15) is 0 Å². The van der Waals surface area contributed by atoms with Gasteiger partial charge in [-0.05, 0) is 18.2 Å². The van der Waals surface area contributed by atoms with Crippen LogP contribution in [0.5, 0.6) is 5.88 Å². The van der Waals surface area contributed by atoms with E-state index in [1.807, 2.05) is 42.5 Å². The maximum absolute atomic E-state index is 11.0. The summed E-state index contributed by atoms with van der Waals surface area (Å²) in [6.45, 7) is 0.330. The van der Waals surface area contributed by atoms with E-state index in [1.165, 1.54) is 0 Å². The van der Waals surface area contributed by atoms with E-state index < -0.39 is 5.97 Å². The van der Waals surface area contributed by atoms with Crippen LogP contribution in [0, 0.1) is 0 Å². The Morgan fingerprint density at radius 1 is 1.20 bits per heavy atom. The van der Waals surface area contributed by atoms with Crippen molar-refractivity contribution in [2.24, 2.45) is 0 Å². The molecule has 0 aliphatic rings. The van der Waals surface area contributed by atoms with E-state index in [4.69, 9.17) is 9.84 Å². The third-order valence-electron chi connectivity index (χ3n) is 2.79. The highest BCUT2D eigenvalue weighted by Gasteiger charge is 2.12. The SMILES string of the molecule is COc1cccc(CN(CC(=O)O)c2ccccc2)n1. The number of rotatable bonds is 6. The van der Waals surface area contributed by atoms with Crippen LogP contribution in [0.2, 0.25) is 0 Å². The number of methoxy groups -OCH3 is 1. The Hall–Kier alpha value is -2.56. The van der Waals surface area contributed by atoms with Crippen LogP contribution in [0.25, 0.3) is 0 Å². The fourth-order valence-electron chi connectivity index (χ4n) is 1.90. The lowest BCUT2D eigenvalue weighted by Crippen LogP contribution is -2.29. The minimum atomic E-state index is -0.878. The Kier molecular flexibility index (Phi) is 4.55. The molecule has 20 heavy (non-hydrogen) atoms. The molecule has 0 bridgehead atoms. The molecule has 0 spiro atoms. The van der Waals surface area contributed by atoms with Crippen LogP contribution in [-0.4, -0.2) is 29.7 Å². The van der Waals surface area contributed by atoms with Gasteiger partial charge in [0.1, 0.15) is 6.54 Å². The van der Waals surface area contributed by atoms with Gasteiger partial charge in [-0.15, -0.1) is 0 Å². The molecule has 0 fully saturated rings. The first-order valence-corrected chi connectivity index (χ1v) is 6.21. The highest BCUT2D eigenvalue weighted by Crippen LogP contribution is 2.17. The summed E-state index contributed by atoms with van der Waals surface area (Å²) in [6.07, 6.45) is 0. The van der Waals surface area contributed by atoms with Gasteiger partial charge < -0.3 is 14.7 Å². The number of pyridine rings is 1. The van der Waals surface area contributed by atoms with Crippen molar-refractivity contribution < 1.29 is 14.6 Å². The highest BCUT2D eigenvalue weighted by atomic mass is 16.5. The number of carbonyl (C=O) groups is 1. The zero-order valence-corrected chi connectivity index (χ0v) is 11.2. The zero-order chi connectivity index (χ0) is 14.4. The number of aliphatic carboxylic acids is 1. The number of anilines is 1. The number of ether oxygens (including phenoxy) is 1. The number of benzene rings is 1. The maximum Gasteiger partial charge on any atom is 0.323 e. The second-order valence-electron chi connectivity index (χ2n) is 4.26. The quantitative estimate of drug-likeness (QED) is 0.873. The predicted octanol–water partition coefficient (Wildman–Crippen LogP) is 2.18. The van der Waals surface area contributed by atoms with E-state index in [2.05, 4.69) is 4.98 Å². The first-order chi connectivity index (χ1) is 9.69. The third kappa shape index (κ3) is 3.71. The molecular weight excluding hydrogens is 256 g/mol. The van der Waals surface area contributed by atoms with Crippen LogP contribution < -0.4 is 9.64 Å². The Morgan fingerprint density at radius 3 is 2.60 bits per heavy atom. The summed E-state index contributed by atoms with van der Waals surface area (Å²) in [6, 6.07) is 14.9. The first-order valence-electron chi connectivity index (χ1n) is 6.21. The van der Waals surface area contributed by atoms with Gasteiger partial charge in [0.05, 0.1) is 19.3 Å². The number of nitrogens with zero attached hydrogens (tertiary/aromatic N) is 2. The minimum absolute atomic E-state index is 0.0805. The smallest absolute Gasteiger partial charge is 0.323 e. The van der Waals surface area contributed by atoms with Gasteiger partial charge in [0.25, 0.3) is 0 Å². The number of carboxylic acids is 1. The van der Waals surface area contributed by atoms with Crippen molar-refractivity contribution in [2.45, 2.75) is 6.54 Å². The molecule has 0 amide bonds. The van der Waals surface area contributed by atoms with Crippen LogP contribution in [0.1, 0.15) is 5.69 Å². The summed E-state index contributed by atoms with van der Waals surface area (Å²) in [5.74, 6) is -0.359. The Balaban J connectivity index is 2.21. The first kappa shape index (κ1) is 13.9. The van der Waals surface area contributed by atoms with Gasteiger partial charge in [-0.1, -0.05) is 24.3 Å². The fourth-order valence-corrected chi connectivity index (χ4v) is 1.90. The van der Waals surface area contributed by atoms with Gasteiger partial charge in [0, 0.05) is 11.8 Å². The van der Waals surface area contributed by atoms with Gasteiger partial charge in [0.15, 0.2) is 0 Å². The molecule has 0 aliphatic heterocycles. The second-order valence-corrected chi connectivity index (χ2v) is 4.26. The summed E-state index contributed by atoms with van der Waals surface area (Å²) in [5.41, 5.74) is 1.61. The number of para-hydroxylation sites is 1. The second kappa shape index (κ2) is 6.56. The Bertz CT molecular complexity index is 572. The fraction of sp³-hybridized carbons (Fsp3) is 0.200. The predicted molar refractivity (Wildman–Crippen MR) is 75.9 cm³/mol. The molecule has 0 unspecified atom stereocenters. The minimum Gasteiger partial charge on any atom is -0.481 e. The van der Waals surface area contributed by atoms with Crippen molar-refractivity contribution in [3.63, 3.8) is 0 Å². The lowest BCUT2D eigenvalue weighted by Gasteiger charge is -2.22. The van der Waals surface area contributed by atoms with Crippen molar-refractivity contribution in [3.05, 3.63) is 54.2 Å². The monoisotopic (exact) mass is 272 g/mol. The molecule has 104 valence electrons. The number of aromatic nitrogens is 1. The lowest BCUT2D eigenvalue weighted by molar-refractivity contribution is -0.135. The van der Waals surface area contributed by atoms with Crippen molar-refractivity contribution in [1.82, 2.24) is 4.98 Å². The molecular formula is C15H16N2O3. The third-order valence-corrected chi connectivity index (χ3v) is 2.79. The summed E-state index contributed by atoms with van der Waals surface area (Å²) < 4.78 is 5.08. The van der Waals surface area contributed by atoms with Crippen LogP contribution in [0.15, 0.2) is 48.5 Å². The summed E-state index contributed by atoms with van der Waals surface area (Å²) in [4.78, 5) is 17.1. The molecule has 0 saturated carbocycles. The molecule has 1 aromatic heterocycles. The highest BCUT2D eigenvalue weighted by molar-refractivity contribution is 5.73. The molecule has 0 aliphatic carbocycles. The van der Waals surface area contributed by atoms with Gasteiger partial charge in [-0.3, -0.25) is 4.79 Å². The van der Waals surface area contributed by atoms with Crippen molar-refractivity contribution in [2.75, 3.05) is 18.6 Å². The van der Waals surface area contributed by atoms with E-state index in [0.717, 1.165) is 11.4 Å². The average Bonchev–Trinajstić information content (AvgIpc) is 2.47. The molecule has 1 aromatic carbocycles. The van der Waals surface area contributed by atoms with Crippen LogP contribution in [0.3, 0.4) is 0 Å². The average molecular weight is 272 g/mol. The summed E-state index contributed by atoms with van der Waals surface area (Å²) in [5, 5.41) is 9.04. The van der Waals surface area contributed by atoms with Crippen LogP contribution in [0.4, 0.5) is 5.69 Å². The summed E-state index contributed by atoms with van der Waals surface area (Å²) in [7, 11) is 1.55. The normalized spacial score (nSPS) is 10.1. The topological polar surface area (TPSA) is 62.7 Å². The van der Waals surface area contributed by atoms with E-state index in [1.54, 1.807) is 18.1 Å². The number of hydrogen-bond donors (Lipinski definition) is 1. The molecule has 1 N–H and O–H groups in total. The molecule has 2 rings (SSSR count). The summed E-state index contributed by atoms with van der Waals surface area (Å²) >= 11 is 0. The molecule has 1 heterocycles. The number of hydrogen-bond acceptors (Lipinski definition) is 4. The largest absolute Gasteiger partial charge is 0.481 e. The molecule has 5 nitrogen and oxygen atoms in total. The van der Waals surface area contributed by atoms with Crippen molar-refractivity contribution in [3.8, 4) is 5.88 Å². The molecule has 0 saturated heterocycles.